The average molecular weight is 303 g/mol. The predicted molar refractivity (Wildman–Crippen MR) is 65.8 cm³/mol. The summed E-state index contributed by atoms with van der Waals surface area (Å²) in [5, 5.41) is 0. The number of piperidine rings is 1. The summed E-state index contributed by atoms with van der Waals surface area (Å²) in [6.45, 7) is 2.30. The fourth-order valence-corrected chi connectivity index (χ4v) is 2.12. The van der Waals surface area contributed by atoms with E-state index in [1.165, 1.54) is 19.3 Å². The lowest BCUT2D eigenvalue weighted by Crippen LogP contribution is -2.30. The highest BCUT2D eigenvalue weighted by Gasteiger charge is 2.12. The van der Waals surface area contributed by atoms with Crippen LogP contribution in [-0.2, 0) is 4.43 Å². The van der Waals surface area contributed by atoms with E-state index in [0.29, 0.717) is 0 Å². The van der Waals surface area contributed by atoms with Gasteiger partial charge in [-0.1, -0.05) is 22.6 Å². The number of anilines is 1. The Kier molecular flexibility index (Phi) is 3.55. The van der Waals surface area contributed by atoms with Gasteiger partial charge in [-0.05, 0) is 25.3 Å². The van der Waals surface area contributed by atoms with Crippen molar-refractivity contribution in [3.8, 4) is 0 Å². The first-order valence-electron chi connectivity index (χ1n) is 5.03. The van der Waals surface area contributed by atoms with Gasteiger partial charge in [0.1, 0.15) is 11.6 Å². The van der Waals surface area contributed by atoms with Gasteiger partial charge in [-0.15, -0.1) is 0 Å². The van der Waals surface area contributed by atoms with Crippen LogP contribution in [-0.4, -0.2) is 23.1 Å². The van der Waals surface area contributed by atoms with Crippen molar-refractivity contribution < 1.29 is 0 Å². The molecule has 1 saturated heterocycles. The summed E-state index contributed by atoms with van der Waals surface area (Å²) in [6, 6.07) is 2.02. The third-order valence-electron chi connectivity index (χ3n) is 2.49. The van der Waals surface area contributed by atoms with E-state index < -0.39 is 0 Å². The Labute approximate surface area is 98.1 Å². The Morgan fingerprint density at radius 3 is 2.79 bits per heavy atom. The summed E-state index contributed by atoms with van der Waals surface area (Å²) in [4.78, 5) is 11.1. The van der Waals surface area contributed by atoms with Gasteiger partial charge in [0.25, 0.3) is 0 Å². The molecule has 4 heteroatoms. The number of halogens is 1. The van der Waals surface area contributed by atoms with Crippen molar-refractivity contribution in [2.45, 2.75) is 23.7 Å². The molecular weight excluding hydrogens is 289 g/mol. The largest absolute Gasteiger partial charge is 0.357 e. The summed E-state index contributed by atoms with van der Waals surface area (Å²) in [7, 11) is 0. The molecule has 0 bridgehead atoms. The summed E-state index contributed by atoms with van der Waals surface area (Å²) < 4.78 is 0.888. The Morgan fingerprint density at radius 2 is 2.07 bits per heavy atom. The van der Waals surface area contributed by atoms with Gasteiger partial charge in [0, 0.05) is 19.3 Å². The minimum absolute atomic E-state index is 0.888. The van der Waals surface area contributed by atoms with Crippen LogP contribution in [0.25, 0.3) is 0 Å². The maximum atomic E-state index is 4.52. The first-order chi connectivity index (χ1) is 6.90. The maximum Gasteiger partial charge on any atom is 0.140 e. The SMILES string of the molecule is ICc1nccc(N2CCCCC2)n1. The van der Waals surface area contributed by atoms with E-state index in [1.807, 2.05) is 12.3 Å². The van der Waals surface area contributed by atoms with E-state index in [1.54, 1.807) is 0 Å². The van der Waals surface area contributed by atoms with Gasteiger partial charge in [0.15, 0.2) is 0 Å². The summed E-state index contributed by atoms with van der Waals surface area (Å²) in [6.07, 6.45) is 5.82. The van der Waals surface area contributed by atoms with Crippen LogP contribution in [0.5, 0.6) is 0 Å². The molecule has 0 atom stereocenters. The van der Waals surface area contributed by atoms with Crippen molar-refractivity contribution in [2.24, 2.45) is 0 Å². The van der Waals surface area contributed by atoms with E-state index in [-0.39, 0.29) is 0 Å². The maximum absolute atomic E-state index is 4.52. The van der Waals surface area contributed by atoms with Gasteiger partial charge >= 0.3 is 0 Å². The molecule has 0 saturated carbocycles. The number of hydrogen-bond acceptors (Lipinski definition) is 3. The third-order valence-corrected chi connectivity index (χ3v) is 3.17. The molecule has 2 rings (SSSR count). The van der Waals surface area contributed by atoms with E-state index in [4.69, 9.17) is 0 Å². The molecule has 1 aromatic rings. The molecule has 0 unspecified atom stereocenters. The smallest absolute Gasteiger partial charge is 0.140 e. The number of hydrogen-bond donors (Lipinski definition) is 0. The molecule has 0 spiro atoms. The first kappa shape index (κ1) is 10.1. The van der Waals surface area contributed by atoms with Crippen LogP contribution >= 0.6 is 22.6 Å². The Morgan fingerprint density at radius 1 is 1.29 bits per heavy atom. The molecule has 0 aliphatic carbocycles. The van der Waals surface area contributed by atoms with Crippen molar-refractivity contribution in [3.63, 3.8) is 0 Å². The lowest BCUT2D eigenvalue weighted by atomic mass is 10.1. The average Bonchev–Trinajstić information content (AvgIpc) is 2.30. The Bertz CT molecular complexity index is 297. The topological polar surface area (TPSA) is 29.0 Å². The van der Waals surface area contributed by atoms with Crippen LogP contribution in [0.3, 0.4) is 0 Å². The first-order valence-corrected chi connectivity index (χ1v) is 6.55. The number of nitrogens with zero attached hydrogens (tertiary/aromatic N) is 3. The molecule has 1 aliphatic rings. The van der Waals surface area contributed by atoms with Crippen LogP contribution in [0.2, 0.25) is 0 Å². The normalized spacial score (nSPS) is 17.1. The third kappa shape index (κ3) is 2.34. The monoisotopic (exact) mass is 303 g/mol. The van der Waals surface area contributed by atoms with Gasteiger partial charge < -0.3 is 4.90 Å². The number of rotatable bonds is 2. The summed E-state index contributed by atoms with van der Waals surface area (Å²) in [5.41, 5.74) is 0. The van der Waals surface area contributed by atoms with Gasteiger partial charge in [0.2, 0.25) is 0 Å². The van der Waals surface area contributed by atoms with Crippen molar-refractivity contribution in [2.75, 3.05) is 18.0 Å². The molecule has 3 nitrogen and oxygen atoms in total. The fourth-order valence-electron chi connectivity index (χ4n) is 1.75. The molecule has 0 amide bonds. The van der Waals surface area contributed by atoms with Gasteiger partial charge in [-0.2, -0.15) is 0 Å². The van der Waals surface area contributed by atoms with E-state index in [2.05, 4.69) is 37.5 Å². The molecule has 0 radical (unpaired) electrons. The van der Waals surface area contributed by atoms with Crippen LogP contribution in [0.15, 0.2) is 12.3 Å². The molecule has 2 heterocycles. The van der Waals surface area contributed by atoms with E-state index in [9.17, 15) is 0 Å². The highest BCUT2D eigenvalue weighted by atomic mass is 127. The summed E-state index contributed by atoms with van der Waals surface area (Å²) in [5.74, 6) is 2.04. The lowest BCUT2D eigenvalue weighted by Gasteiger charge is -2.27. The van der Waals surface area contributed by atoms with Crippen LogP contribution in [0.1, 0.15) is 25.1 Å². The highest BCUT2D eigenvalue weighted by Crippen LogP contribution is 2.17. The molecule has 0 aromatic carbocycles. The van der Waals surface area contributed by atoms with Gasteiger partial charge in [-0.25, -0.2) is 9.97 Å². The van der Waals surface area contributed by atoms with Crippen LogP contribution in [0, 0.1) is 0 Å². The molecule has 76 valence electrons. The molecule has 1 fully saturated rings. The zero-order chi connectivity index (χ0) is 9.80. The van der Waals surface area contributed by atoms with Crippen molar-refractivity contribution in [3.05, 3.63) is 18.1 Å². The Balaban J connectivity index is 2.13. The van der Waals surface area contributed by atoms with Crippen LogP contribution in [0.4, 0.5) is 5.82 Å². The molecule has 1 aromatic heterocycles. The molecule has 0 N–H and O–H groups in total. The molecule has 14 heavy (non-hydrogen) atoms. The minimum Gasteiger partial charge on any atom is -0.357 e. The minimum atomic E-state index is 0.888. The quantitative estimate of drug-likeness (QED) is 0.620. The fraction of sp³-hybridized carbons (Fsp3) is 0.600. The molecule has 1 aliphatic heterocycles. The lowest BCUT2D eigenvalue weighted by molar-refractivity contribution is 0.572. The second-order valence-electron chi connectivity index (χ2n) is 3.51. The van der Waals surface area contributed by atoms with Gasteiger partial charge in [0.05, 0.1) is 4.43 Å². The second kappa shape index (κ2) is 4.91. The van der Waals surface area contributed by atoms with E-state index in [0.717, 1.165) is 29.2 Å². The van der Waals surface area contributed by atoms with Crippen molar-refractivity contribution in [1.29, 1.82) is 0 Å². The van der Waals surface area contributed by atoms with E-state index >= 15 is 0 Å². The van der Waals surface area contributed by atoms with Crippen molar-refractivity contribution in [1.82, 2.24) is 9.97 Å². The zero-order valence-electron chi connectivity index (χ0n) is 8.12. The van der Waals surface area contributed by atoms with Gasteiger partial charge in [-0.3, -0.25) is 0 Å². The standard InChI is InChI=1S/C10H14IN3/c11-8-9-12-5-4-10(13-9)14-6-2-1-3-7-14/h4-5H,1-3,6-8H2. The predicted octanol–water partition coefficient (Wildman–Crippen LogP) is 2.40. The highest BCUT2D eigenvalue weighted by molar-refractivity contribution is 14.1. The zero-order valence-corrected chi connectivity index (χ0v) is 10.3. The van der Waals surface area contributed by atoms with Crippen molar-refractivity contribution >= 4 is 28.4 Å². The number of aromatic nitrogens is 2. The summed E-state index contributed by atoms with van der Waals surface area (Å²) >= 11 is 2.30. The number of alkyl halides is 1. The Hall–Kier alpha value is -0.390. The second-order valence-corrected chi connectivity index (χ2v) is 4.28. The van der Waals surface area contributed by atoms with Crippen LogP contribution < -0.4 is 4.90 Å². The molecular formula is C10H14IN3.